The number of nitrogens with one attached hydrogen (secondary N) is 1. The van der Waals surface area contributed by atoms with Gasteiger partial charge in [-0.1, -0.05) is 19.1 Å². The molecule has 3 aliphatic rings. The third-order valence-electron chi connectivity index (χ3n) is 5.66. The molecule has 0 fully saturated rings. The third-order valence-corrected chi connectivity index (χ3v) is 5.66. The summed E-state index contributed by atoms with van der Waals surface area (Å²) in [6.07, 6.45) is 0.990. The summed E-state index contributed by atoms with van der Waals surface area (Å²) in [5.74, 6) is 3.50. The molecular weight excluding hydrogens is 354 g/mol. The molecule has 0 amide bonds. The second kappa shape index (κ2) is 6.51. The maximum atomic E-state index is 5.61. The topological polar surface area (TPSA) is 49.0 Å². The SMILES string of the molecule is CCC1C(c2ccc3c(c2)OCO3)=C(C)NC(C)=C1c1ccc2c(c1)OCO2. The maximum absolute atomic E-state index is 5.61. The lowest BCUT2D eigenvalue weighted by molar-refractivity contribution is 0.173. The molecule has 0 unspecified atom stereocenters. The molecule has 2 aromatic carbocycles. The van der Waals surface area contributed by atoms with Crippen molar-refractivity contribution in [3.05, 3.63) is 58.9 Å². The van der Waals surface area contributed by atoms with Crippen LogP contribution in [-0.4, -0.2) is 13.6 Å². The van der Waals surface area contributed by atoms with Crippen LogP contribution in [0.15, 0.2) is 47.8 Å². The van der Waals surface area contributed by atoms with Gasteiger partial charge in [0.25, 0.3) is 0 Å². The zero-order valence-electron chi connectivity index (χ0n) is 16.3. The molecule has 3 heterocycles. The summed E-state index contributed by atoms with van der Waals surface area (Å²) in [6, 6.07) is 12.4. The van der Waals surface area contributed by atoms with Gasteiger partial charge in [0, 0.05) is 17.3 Å². The summed E-state index contributed by atoms with van der Waals surface area (Å²) in [6.45, 7) is 7.09. The molecule has 144 valence electrons. The lowest BCUT2D eigenvalue weighted by atomic mass is 9.77. The molecule has 0 saturated heterocycles. The average molecular weight is 377 g/mol. The number of ether oxygens (including phenoxy) is 4. The Morgan fingerprint density at radius 3 is 1.68 bits per heavy atom. The van der Waals surface area contributed by atoms with Crippen molar-refractivity contribution in [1.82, 2.24) is 5.32 Å². The van der Waals surface area contributed by atoms with E-state index in [2.05, 4.69) is 50.4 Å². The van der Waals surface area contributed by atoms with E-state index in [1.807, 2.05) is 12.1 Å². The lowest BCUT2D eigenvalue weighted by Crippen LogP contribution is -2.23. The Morgan fingerprint density at radius 2 is 1.21 bits per heavy atom. The fraction of sp³-hybridized carbons (Fsp3) is 0.304. The average Bonchev–Trinajstić information content (AvgIpc) is 3.35. The summed E-state index contributed by atoms with van der Waals surface area (Å²) in [4.78, 5) is 0. The van der Waals surface area contributed by atoms with E-state index >= 15 is 0 Å². The Hall–Kier alpha value is -3.08. The first-order valence-electron chi connectivity index (χ1n) is 9.64. The molecule has 28 heavy (non-hydrogen) atoms. The second-order valence-electron chi connectivity index (χ2n) is 7.30. The van der Waals surface area contributed by atoms with Crippen molar-refractivity contribution >= 4 is 11.1 Å². The van der Waals surface area contributed by atoms with Crippen molar-refractivity contribution in [2.75, 3.05) is 13.6 Å². The molecule has 0 saturated carbocycles. The van der Waals surface area contributed by atoms with Crippen molar-refractivity contribution in [1.29, 1.82) is 0 Å². The predicted molar refractivity (Wildman–Crippen MR) is 107 cm³/mol. The molecule has 5 heteroatoms. The fourth-order valence-corrected chi connectivity index (χ4v) is 4.45. The predicted octanol–water partition coefficient (Wildman–Crippen LogP) is 4.94. The molecule has 2 aromatic rings. The zero-order valence-corrected chi connectivity index (χ0v) is 16.3. The van der Waals surface area contributed by atoms with Gasteiger partial charge in [-0.2, -0.15) is 0 Å². The van der Waals surface area contributed by atoms with E-state index < -0.39 is 0 Å². The Balaban J connectivity index is 1.59. The van der Waals surface area contributed by atoms with Gasteiger partial charge in [0.1, 0.15) is 0 Å². The van der Waals surface area contributed by atoms with Crippen LogP contribution in [0.2, 0.25) is 0 Å². The van der Waals surface area contributed by atoms with Crippen LogP contribution in [0.5, 0.6) is 23.0 Å². The highest BCUT2D eigenvalue weighted by Gasteiger charge is 2.30. The first-order valence-corrected chi connectivity index (χ1v) is 9.64. The first-order chi connectivity index (χ1) is 13.7. The Kier molecular flexibility index (Phi) is 3.97. The van der Waals surface area contributed by atoms with Crippen molar-refractivity contribution < 1.29 is 18.9 Å². The highest BCUT2D eigenvalue weighted by molar-refractivity contribution is 5.88. The quantitative estimate of drug-likeness (QED) is 0.821. The molecule has 0 aromatic heterocycles. The van der Waals surface area contributed by atoms with Gasteiger partial charge in [-0.05, 0) is 66.8 Å². The van der Waals surface area contributed by atoms with Crippen LogP contribution in [-0.2, 0) is 0 Å². The minimum Gasteiger partial charge on any atom is -0.454 e. The fourth-order valence-electron chi connectivity index (χ4n) is 4.45. The van der Waals surface area contributed by atoms with E-state index in [0.29, 0.717) is 0 Å². The smallest absolute Gasteiger partial charge is 0.231 e. The highest BCUT2D eigenvalue weighted by Crippen LogP contribution is 2.46. The normalized spacial score (nSPS) is 18.0. The molecule has 0 aliphatic carbocycles. The minimum atomic E-state index is 0.266. The van der Waals surface area contributed by atoms with Gasteiger partial charge in [-0.15, -0.1) is 0 Å². The van der Waals surface area contributed by atoms with Crippen molar-refractivity contribution in [2.45, 2.75) is 27.2 Å². The largest absolute Gasteiger partial charge is 0.454 e. The molecule has 0 radical (unpaired) electrons. The monoisotopic (exact) mass is 377 g/mol. The van der Waals surface area contributed by atoms with Crippen molar-refractivity contribution in [3.8, 4) is 23.0 Å². The minimum absolute atomic E-state index is 0.266. The van der Waals surface area contributed by atoms with Gasteiger partial charge < -0.3 is 24.3 Å². The summed E-state index contributed by atoms with van der Waals surface area (Å²) in [5.41, 5.74) is 7.25. The van der Waals surface area contributed by atoms with E-state index in [9.17, 15) is 0 Å². The molecule has 1 N–H and O–H groups in total. The summed E-state index contributed by atoms with van der Waals surface area (Å²) >= 11 is 0. The standard InChI is InChI=1S/C23H23NO4/c1-4-17-22(15-5-7-18-20(9-15)27-11-25-18)13(2)24-14(3)23(17)16-6-8-19-21(10-16)28-12-26-19/h5-10,17,24H,4,11-12H2,1-3H3. The van der Waals surface area contributed by atoms with Crippen LogP contribution in [0.3, 0.4) is 0 Å². The number of hydrogen-bond acceptors (Lipinski definition) is 5. The van der Waals surface area contributed by atoms with Gasteiger partial charge >= 0.3 is 0 Å². The van der Waals surface area contributed by atoms with Crippen LogP contribution in [0.4, 0.5) is 0 Å². The maximum Gasteiger partial charge on any atom is 0.231 e. The molecule has 5 rings (SSSR count). The van der Waals surface area contributed by atoms with E-state index in [0.717, 1.165) is 40.5 Å². The Morgan fingerprint density at radius 1 is 0.750 bits per heavy atom. The van der Waals surface area contributed by atoms with Crippen LogP contribution in [0.1, 0.15) is 38.3 Å². The van der Waals surface area contributed by atoms with Crippen molar-refractivity contribution in [2.24, 2.45) is 5.92 Å². The molecule has 3 aliphatic heterocycles. The van der Waals surface area contributed by atoms with Gasteiger partial charge in [0.2, 0.25) is 13.6 Å². The molecule has 0 bridgehead atoms. The molecular formula is C23H23NO4. The number of fused-ring (bicyclic) bond motifs is 2. The summed E-state index contributed by atoms with van der Waals surface area (Å²) in [7, 11) is 0. The second-order valence-corrected chi connectivity index (χ2v) is 7.30. The summed E-state index contributed by atoms with van der Waals surface area (Å²) < 4.78 is 22.2. The third kappa shape index (κ3) is 2.61. The molecule has 0 atom stereocenters. The number of hydrogen-bond donors (Lipinski definition) is 1. The lowest BCUT2D eigenvalue weighted by Gasteiger charge is -2.32. The number of benzene rings is 2. The number of rotatable bonds is 3. The molecule has 5 nitrogen and oxygen atoms in total. The van der Waals surface area contributed by atoms with Gasteiger partial charge in [0.15, 0.2) is 23.0 Å². The number of allylic oxidation sites excluding steroid dienone is 4. The van der Waals surface area contributed by atoms with Gasteiger partial charge in [-0.25, -0.2) is 0 Å². The van der Waals surface area contributed by atoms with E-state index in [1.54, 1.807) is 0 Å². The number of dihydropyridines is 1. The van der Waals surface area contributed by atoms with Crippen LogP contribution < -0.4 is 24.3 Å². The van der Waals surface area contributed by atoms with Crippen LogP contribution in [0.25, 0.3) is 11.1 Å². The van der Waals surface area contributed by atoms with Crippen LogP contribution >= 0.6 is 0 Å². The van der Waals surface area contributed by atoms with E-state index in [1.165, 1.54) is 22.5 Å². The zero-order chi connectivity index (χ0) is 19.3. The Labute approximate surface area is 164 Å². The highest BCUT2D eigenvalue weighted by atomic mass is 16.7. The van der Waals surface area contributed by atoms with E-state index in [4.69, 9.17) is 18.9 Å². The van der Waals surface area contributed by atoms with Gasteiger partial charge in [-0.3, -0.25) is 0 Å². The molecule has 0 spiro atoms. The first kappa shape index (κ1) is 17.0. The van der Waals surface area contributed by atoms with Crippen molar-refractivity contribution in [3.63, 3.8) is 0 Å². The Bertz CT molecular complexity index is 942. The van der Waals surface area contributed by atoms with Crippen LogP contribution in [0, 0.1) is 5.92 Å². The van der Waals surface area contributed by atoms with E-state index in [-0.39, 0.29) is 19.5 Å². The van der Waals surface area contributed by atoms with Gasteiger partial charge in [0.05, 0.1) is 0 Å². The summed E-state index contributed by atoms with van der Waals surface area (Å²) in [5, 5.41) is 3.59.